The van der Waals surface area contributed by atoms with Gasteiger partial charge >= 0.3 is 5.97 Å². The number of ether oxygens (including phenoxy) is 2. The van der Waals surface area contributed by atoms with Crippen LogP contribution in [0.15, 0.2) is 16.5 Å². The van der Waals surface area contributed by atoms with Gasteiger partial charge in [0.2, 0.25) is 5.76 Å². The molecule has 0 aliphatic rings. The third-order valence-electron chi connectivity index (χ3n) is 1.80. The minimum absolute atomic E-state index is 0.0722. The number of aromatic carboxylic acids is 1. The molecule has 0 spiro atoms. The molecule has 5 heteroatoms. The molecule has 1 N–H and O–H groups in total. The Bertz CT molecular complexity index is 329. The van der Waals surface area contributed by atoms with E-state index in [1.807, 2.05) is 13.8 Å². The van der Waals surface area contributed by atoms with Crippen LogP contribution >= 0.6 is 0 Å². The smallest absolute Gasteiger partial charge is 0.371 e. The zero-order valence-corrected chi connectivity index (χ0v) is 9.43. The summed E-state index contributed by atoms with van der Waals surface area (Å²) >= 11 is 0. The van der Waals surface area contributed by atoms with Gasteiger partial charge < -0.3 is 19.0 Å². The van der Waals surface area contributed by atoms with Crippen LogP contribution in [-0.4, -0.2) is 30.4 Å². The van der Waals surface area contributed by atoms with E-state index in [-0.39, 0.29) is 18.5 Å². The molecule has 0 saturated heterocycles. The summed E-state index contributed by atoms with van der Waals surface area (Å²) in [6.07, 6.45) is 0.186. The highest BCUT2D eigenvalue weighted by Crippen LogP contribution is 2.08. The number of carboxylic acids is 1. The Morgan fingerprint density at radius 2 is 2.19 bits per heavy atom. The fraction of sp³-hybridized carbons (Fsp3) is 0.545. The third-order valence-corrected chi connectivity index (χ3v) is 1.80. The van der Waals surface area contributed by atoms with Gasteiger partial charge in [-0.1, -0.05) is 0 Å². The first-order chi connectivity index (χ1) is 7.59. The lowest BCUT2D eigenvalue weighted by atomic mass is 10.4. The van der Waals surface area contributed by atoms with E-state index >= 15 is 0 Å². The van der Waals surface area contributed by atoms with Crippen LogP contribution in [0.5, 0.6) is 0 Å². The van der Waals surface area contributed by atoms with E-state index in [4.69, 9.17) is 19.0 Å². The molecule has 0 bridgehead atoms. The molecule has 1 aromatic rings. The highest BCUT2D eigenvalue weighted by molar-refractivity contribution is 5.84. The summed E-state index contributed by atoms with van der Waals surface area (Å²) in [6, 6.07) is 3.00. The minimum atomic E-state index is -1.07. The van der Waals surface area contributed by atoms with Gasteiger partial charge in [0, 0.05) is 0 Å². The number of carboxylic acid groups (broad SMARTS) is 1. The van der Waals surface area contributed by atoms with Crippen molar-refractivity contribution < 1.29 is 23.8 Å². The molecular weight excluding hydrogens is 212 g/mol. The van der Waals surface area contributed by atoms with E-state index in [1.54, 1.807) is 6.07 Å². The van der Waals surface area contributed by atoms with Crippen molar-refractivity contribution in [3.8, 4) is 0 Å². The van der Waals surface area contributed by atoms with Gasteiger partial charge in [0.25, 0.3) is 0 Å². The van der Waals surface area contributed by atoms with Gasteiger partial charge in [0.05, 0.1) is 19.3 Å². The van der Waals surface area contributed by atoms with Crippen molar-refractivity contribution in [2.45, 2.75) is 26.6 Å². The normalized spacial score (nSPS) is 10.9. The summed E-state index contributed by atoms with van der Waals surface area (Å²) in [4.78, 5) is 10.5. The minimum Gasteiger partial charge on any atom is -0.475 e. The quantitative estimate of drug-likeness (QED) is 0.722. The van der Waals surface area contributed by atoms with E-state index in [2.05, 4.69) is 0 Å². The van der Waals surface area contributed by atoms with Crippen molar-refractivity contribution in [2.24, 2.45) is 0 Å². The van der Waals surface area contributed by atoms with Crippen molar-refractivity contribution in [3.63, 3.8) is 0 Å². The fourth-order valence-electron chi connectivity index (χ4n) is 1.09. The molecule has 0 fully saturated rings. The molecule has 0 radical (unpaired) electrons. The molecular formula is C11H16O5. The van der Waals surface area contributed by atoms with E-state index in [0.717, 1.165) is 0 Å². The maximum Gasteiger partial charge on any atom is 0.371 e. The average Bonchev–Trinajstić information content (AvgIpc) is 2.65. The Morgan fingerprint density at radius 3 is 2.75 bits per heavy atom. The highest BCUT2D eigenvalue weighted by atomic mass is 16.5. The molecule has 1 aromatic heterocycles. The first kappa shape index (κ1) is 12.7. The maximum absolute atomic E-state index is 10.5. The molecule has 1 heterocycles. The second kappa shape index (κ2) is 6.30. The molecule has 0 amide bonds. The molecule has 0 aliphatic carbocycles. The second-order valence-corrected chi connectivity index (χ2v) is 3.54. The Labute approximate surface area is 94.0 Å². The standard InChI is InChI=1S/C11H16O5/c1-8(2)15-6-5-14-7-9-3-4-10(16-9)11(12)13/h3-4,8H,5-7H2,1-2H3,(H,12,13). The third kappa shape index (κ3) is 4.46. The molecule has 16 heavy (non-hydrogen) atoms. The Morgan fingerprint density at radius 1 is 1.44 bits per heavy atom. The zero-order chi connectivity index (χ0) is 12.0. The van der Waals surface area contributed by atoms with E-state index in [9.17, 15) is 4.79 Å². The summed E-state index contributed by atoms with van der Waals surface area (Å²) in [5.74, 6) is -0.645. The predicted octanol–water partition coefficient (Wildman–Crippen LogP) is 1.92. The van der Waals surface area contributed by atoms with Crippen LogP contribution in [0.4, 0.5) is 0 Å². The summed E-state index contributed by atoms with van der Waals surface area (Å²) in [5, 5.41) is 8.61. The summed E-state index contributed by atoms with van der Waals surface area (Å²) in [5.41, 5.74) is 0. The Hall–Kier alpha value is -1.33. The number of carbonyl (C=O) groups is 1. The molecule has 90 valence electrons. The van der Waals surface area contributed by atoms with Gasteiger partial charge in [0.1, 0.15) is 12.4 Å². The number of hydrogen-bond acceptors (Lipinski definition) is 4. The van der Waals surface area contributed by atoms with Crippen LogP contribution in [0.25, 0.3) is 0 Å². The van der Waals surface area contributed by atoms with E-state index < -0.39 is 5.97 Å². The predicted molar refractivity (Wildman–Crippen MR) is 56.4 cm³/mol. The van der Waals surface area contributed by atoms with Crippen molar-refractivity contribution in [3.05, 3.63) is 23.7 Å². The lowest BCUT2D eigenvalue weighted by Gasteiger charge is -2.06. The summed E-state index contributed by atoms with van der Waals surface area (Å²) in [7, 11) is 0. The van der Waals surface area contributed by atoms with Crippen LogP contribution in [0.1, 0.15) is 30.2 Å². The molecule has 0 atom stereocenters. The Balaban J connectivity index is 2.19. The van der Waals surface area contributed by atoms with Crippen molar-refractivity contribution >= 4 is 5.97 Å². The van der Waals surface area contributed by atoms with Crippen LogP contribution in [0.2, 0.25) is 0 Å². The second-order valence-electron chi connectivity index (χ2n) is 3.54. The fourth-order valence-corrected chi connectivity index (χ4v) is 1.09. The van der Waals surface area contributed by atoms with E-state index in [1.165, 1.54) is 6.07 Å². The monoisotopic (exact) mass is 228 g/mol. The lowest BCUT2D eigenvalue weighted by Crippen LogP contribution is -2.09. The van der Waals surface area contributed by atoms with Gasteiger partial charge in [-0.15, -0.1) is 0 Å². The van der Waals surface area contributed by atoms with Crippen molar-refractivity contribution in [1.29, 1.82) is 0 Å². The number of hydrogen-bond donors (Lipinski definition) is 1. The topological polar surface area (TPSA) is 68.9 Å². The molecule has 0 unspecified atom stereocenters. The molecule has 1 rings (SSSR count). The maximum atomic E-state index is 10.5. The lowest BCUT2D eigenvalue weighted by molar-refractivity contribution is 0.00997. The molecule has 5 nitrogen and oxygen atoms in total. The van der Waals surface area contributed by atoms with E-state index in [0.29, 0.717) is 19.0 Å². The number of furan rings is 1. The number of rotatable bonds is 7. The summed E-state index contributed by atoms with van der Waals surface area (Å²) < 4.78 is 15.5. The average molecular weight is 228 g/mol. The van der Waals surface area contributed by atoms with Gasteiger partial charge in [-0.3, -0.25) is 0 Å². The molecule has 0 aliphatic heterocycles. The van der Waals surface area contributed by atoms with Gasteiger partial charge in [-0.2, -0.15) is 0 Å². The SMILES string of the molecule is CC(C)OCCOCc1ccc(C(=O)O)o1. The molecule has 0 aromatic carbocycles. The van der Waals surface area contributed by atoms with Gasteiger partial charge in [-0.05, 0) is 26.0 Å². The zero-order valence-electron chi connectivity index (χ0n) is 9.43. The van der Waals surface area contributed by atoms with Crippen LogP contribution in [0.3, 0.4) is 0 Å². The van der Waals surface area contributed by atoms with Gasteiger partial charge in [0.15, 0.2) is 0 Å². The highest BCUT2D eigenvalue weighted by Gasteiger charge is 2.08. The first-order valence-electron chi connectivity index (χ1n) is 5.11. The van der Waals surface area contributed by atoms with Crippen molar-refractivity contribution in [2.75, 3.05) is 13.2 Å². The largest absolute Gasteiger partial charge is 0.475 e. The van der Waals surface area contributed by atoms with Crippen LogP contribution < -0.4 is 0 Å². The molecule has 0 saturated carbocycles. The van der Waals surface area contributed by atoms with Crippen LogP contribution in [0, 0.1) is 0 Å². The van der Waals surface area contributed by atoms with Crippen molar-refractivity contribution in [1.82, 2.24) is 0 Å². The Kier molecular flexibility index (Phi) is 5.01. The van der Waals surface area contributed by atoms with Crippen LogP contribution in [-0.2, 0) is 16.1 Å². The first-order valence-corrected chi connectivity index (χ1v) is 5.11. The summed E-state index contributed by atoms with van der Waals surface area (Å²) in [6.45, 7) is 5.14. The van der Waals surface area contributed by atoms with Gasteiger partial charge in [-0.25, -0.2) is 4.79 Å².